The Kier molecular flexibility index (Phi) is 7.64. The molecule has 256 valence electrons. The van der Waals surface area contributed by atoms with Crippen molar-refractivity contribution in [3.63, 3.8) is 0 Å². The molecule has 3 fully saturated rings. The number of aromatic hydroxyl groups is 1. The van der Waals surface area contributed by atoms with E-state index in [9.17, 15) is 37.5 Å². The Morgan fingerprint density at radius 3 is 1.85 bits per heavy atom. The maximum atomic E-state index is 15.2. The van der Waals surface area contributed by atoms with Crippen LogP contribution in [-0.4, -0.2) is 63.1 Å². The Hall–Kier alpha value is -3.91. The normalized spacial score (nSPS) is 30.0. The number of halogens is 7. The van der Waals surface area contributed by atoms with Crippen molar-refractivity contribution in [3.05, 3.63) is 58.4 Å². The van der Waals surface area contributed by atoms with Gasteiger partial charge >= 0.3 is 0 Å². The maximum Gasteiger partial charge on any atom is 0.258 e. The number of benzene rings is 2. The van der Waals surface area contributed by atoms with Crippen molar-refractivity contribution >= 4 is 52.5 Å². The van der Waals surface area contributed by atoms with Crippen LogP contribution in [0.2, 0.25) is 0 Å². The zero-order valence-corrected chi connectivity index (χ0v) is 27.4. The number of alkyl halides is 2. The molecular weight excluding hydrogens is 690 g/mol. The van der Waals surface area contributed by atoms with Gasteiger partial charge in [0.2, 0.25) is 17.6 Å². The molecule has 4 aliphatic rings. The van der Waals surface area contributed by atoms with Crippen LogP contribution in [-0.2, 0) is 19.2 Å². The summed E-state index contributed by atoms with van der Waals surface area (Å²) in [5, 5.41) is 10.4. The van der Waals surface area contributed by atoms with E-state index in [1.807, 2.05) is 0 Å². The minimum Gasteiger partial charge on any atom is -0.508 e. The van der Waals surface area contributed by atoms with Crippen molar-refractivity contribution < 1.29 is 55.7 Å². The summed E-state index contributed by atoms with van der Waals surface area (Å²) in [5.41, 5.74) is -2.72. The fourth-order valence-corrected chi connectivity index (χ4v) is 8.67. The lowest BCUT2D eigenvalue weighted by molar-refractivity contribution is -0.145. The number of phenolic OH excluding ortho intramolecular Hbond substituents is 1. The summed E-state index contributed by atoms with van der Waals surface area (Å²) in [6, 6.07) is 2.25. The number of carbonyl (C=O) groups is 4. The van der Waals surface area contributed by atoms with Gasteiger partial charge in [0.05, 0.1) is 26.1 Å². The number of hydrogen-bond acceptors (Lipinski definition) is 7. The van der Waals surface area contributed by atoms with Gasteiger partial charge in [-0.3, -0.25) is 24.1 Å². The van der Waals surface area contributed by atoms with Crippen molar-refractivity contribution in [3.8, 4) is 17.2 Å². The molecule has 6 unspecified atom stereocenters. The summed E-state index contributed by atoms with van der Waals surface area (Å²) in [6.45, 7) is 4.95. The average Bonchev–Trinajstić information content (AvgIpc) is 3.37. The molecule has 1 saturated carbocycles. The average molecular weight is 717 g/mol. The molecule has 0 aromatic heterocycles. The molecular formula is C32H27Cl2F5N2O7. The number of amides is 4. The predicted octanol–water partition coefficient (Wildman–Crippen LogP) is 5.47. The third-order valence-corrected chi connectivity index (χ3v) is 11.1. The Bertz CT molecular complexity index is 1830. The summed E-state index contributed by atoms with van der Waals surface area (Å²) < 4.78 is 84.4. The van der Waals surface area contributed by atoms with E-state index in [-0.39, 0.29) is 39.7 Å². The molecule has 2 heterocycles. The van der Waals surface area contributed by atoms with Crippen LogP contribution in [0.3, 0.4) is 0 Å². The third-order valence-electron chi connectivity index (χ3n) is 9.71. The molecule has 16 heteroatoms. The monoisotopic (exact) mass is 716 g/mol. The third kappa shape index (κ3) is 4.14. The highest BCUT2D eigenvalue weighted by Gasteiger charge is 2.77. The molecule has 2 aromatic carbocycles. The van der Waals surface area contributed by atoms with E-state index in [0.717, 1.165) is 17.0 Å². The molecule has 2 saturated heterocycles. The number of ether oxygens (including phenoxy) is 2. The van der Waals surface area contributed by atoms with Crippen LogP contribution < -0.4 is 14.4 Å². The number of hydrogen-bond donors (Lipinski definition) is 1. The summed E-state index contributed by atoms with van der Waals surface area (Å²) in [6.07, 6.45) is 0.870. The van der Waals surface area contributed by atoms with Crippen LogP contribution in [0.5, 0.6) is 17.2 Å². The van der Waals surface area contributed by atoms with Crippen LogP contribution in [0, 0.1) is 46.8 Å². The van der Waals surface area contributed by atoms with Crippen LogP contribution >= 0.6 is 23.2 Å². The largest absolute Gasteiger partial charge is 0.508 e. The zero-order chi connectivity index (χ0) is 35.6. The van der Waals surface area contributed by atoms with Crippen LogP contribution in [0.25, 0.3) is 0 Å². The van der Waals surface area contributed by atoms with E-state index in [4.69, 9.17) is 32.7 Å². The van der Waals surface area contributed by atoms with Crippen molar-refractivity contribution in [1.82, 2.24) is 4.90 Å². The molecule has 2 aliphatic heterocycles. The Labute approximate surface area is 280 Å². The summed E-state index contributed by atoms with van der Waals surface area (Å²) in [4.78, 5) is 51.7. The second-order valence-corrected chi connectivity index (χ2v) is 14.4. The molecule has 1 N–H and O–H groups in total. The molecule has 2 aliphatic carbocycles. The Balaban J connectivity index is 1.66. The quantitative estimate of drug-likeness (QED) is 0.112. The second-order valence-electron chi connectivity index (χ2n) is 13.1. The van der Waals surface area contributed by atoms with Gasteiger partial charge in [-0.25, -0.2) is 26.9 Å². The van der Waals surface area contributed by atoms with Crippen molar-refractivity contribution in [2.75, 3.05) is 19.1 Å². The van der Waals surface area contributed by atoms with E-state index in [2.05, 4.69) is 0 Å². The molecule has 2 aromatic rings. The molecule has 9 nitrogen and oxygen atoms in total. The van der Waals surface area contributed by atoms with Gasteiger partial charge in [-0.05, 0) is 39.5 Å². The van der Waals surface area contributed by atoms with E-state index >= 15 is 8.78 Å². The Morgan fingerprint density at radius 1 is 0.833 bits per heavy atom. The molecule has 0 spiro atoms. The first kappa shape index (κ1) is 34.0. The fourth-order valence-electron chi connectivity index (χ4n) is 7.75. The first-order valence-electron chi connectivity index (χ1n) is 14.6. The molecule has 4 amide bonds. The smallest absolute Gasteiger partial charge is 0.258 e. The first-order chi connectivity index (χ1) is 22.3. The number of fused-ring (bicyclic) bond motifs is 4. The maximum absolute atomic E-state index is 15.2. The number of anilines is 1. The summed E-state index contributed by atoms with van der Waals surface area (Å²) in [7, 11) is 2.39. The van der Waals surface area contributed by atoms with Crippen molar-refractivity contribution in [2.24, 2.45) is 17.8 Å². The highest BCUT2D eigenvalue weighted by Crippen LogP contribution is 2.68. The standard InChI is InChI=1S/C32H27Cl2F5N2O7/c1-30(2,3)41-26(43)13-7-6-12-14(17(13)27(41)44)10-31(33)28(45)40(25-23(38)21(36)20(35)22(37)24(25)39)29(46)32(31,34)19(12)18-15(47-4)8-11(42)9-16(18)48-5/h6,8-9,13-14,17,19,42H,7,10H2,1-5H3. The van der Waals surface area contributed by atoms with Crippen LogP contribution in [0.15, 0.2) is 23.8 Å². The number of rotatable bonds is 4. The highest BCUT2D eigenvalue weighted by molar-refractivity contribution is 6.58. The number of methoxy groups -OCH3 is 2. The summed E-state index contributed by atoms with van der Waals surface area (Å²) in [5.74, 6) is -22.2. The molecule has 48 heavy (non-hydrogen) atoms. The molecule has 6 atom stereocenters. The van der Waals surface area contributed by atoms with Crippen LogP contribution in [0.1, 0.15) is 45.1 Å². The lowest BCUT2D eigenvalue weighted by atomic mass is 9.56. The van der Waals surface area contributed by atoms with Gasteiger partial charge in [0.1, 0.15) is 22.9 Å². The lowest BCUT2D eigenvalue weighted by Gasteiger charge is -2.51. The van der Waals surface area contributed by atoms with Gasteiger partial charge in [-0.1, -0.05) is 11.6 Å². The van der Waals surface area contributed by atoms with Gasteiger partial charge in [0.15, 0.2) is 33.0 Å². The zero-order valence-electron chi connectivity index (χ0n) is 25.9. The number of phenols is 1. The number of allylic oxidation sites excluding steroid dienone is 2. The SMILES string of the molecule is COc1cc(O)cc(OC)c1C1C2=CCC3C(=O)N(C(C)(C)C)C(=O)C3C2CC2(Cl)C(=O)N(c3c(F)c(F)c(F)c(F)c3F)C(=O)C12Cl. The van der Waals surface area contributed by atoms with Gasteiger partial charge in [0, 0.05) is 29.2 Å². The van der Waals surface area contributed by atoms with Gasteiger partial charge in [-0.15, -0.1) is 23.2 Å². The van der Waals surface area contributed by atoms with Gasteiger partial charge in [-0.2, -0.15) is 0 Å². The Morgan fingerprint density at radius 2 is 1.35 bits per heavy atom. The molecule has 0 bridgehead atoms. The summed E-state index contributed by atoms with van der Waals surface area (Å²) >= 11 is 14.3. The van der Waals surface area contributed by atoms with E-state index < -0.39 is 104 Å². The lowest BCUT2D eigenvalue weighted by Crippen LogP contribution is -2.60. The first-order valence-corrected chi connectivity index (χ1v) is 15.4. The number of carbonyl (C=O) groups excluding carboxylic acids is 4. The number of nitrogens with zero attached hydrogens (tertiary/aromatic N) is 2. The minimum absolute atomic E-state index is 0.0292. The molecule has 6 rings (SSSR count). The number of imide groups is 2. The predicted molar refractivity (Wildman–Crippen MR) is 159 cm³/mol. The van der Waals surface area contributed by atoms with E-state index in [0.29, 0.717) is 0 Å². The van der Waals surface area contributed by atoms with E-state index in [1.54, 1.807) is 26.8 Å². The van der Waals surface area contributed by atoms with Crippen LogP contribution in [0.4, 0.5) is 27.6 Å². The van der Waals surface area contributed by atoms with E-state index in [1.165, 1.54) is 14.2 Å². The number of likely N-dealkylation sites (tertiary alicyclic amines) is 1. The fraction of sp³-hybridized carbons (Fsp3) is 0.438. The second kappa shape index (κ2) is 10.8. The van der Waals surface area contributed by atoms with Gasteiger partial charge < -0.3 is 14.6 Å². The topological polar surface area (TPSA) is 113 Å². The van der Waals surface area contributed by atoms with Gasteiger partial charge in [0.25, 0.3) is 11.8 Å². The van der Waals surface area contributed by atoms with Crippen molar-refractivity contribution in [1.29, 1.82) is 0 Å². The highest BCUT2D eigenvalue weighted by atomic mass is 35.5. The minimum atomic E-state index is -2.78. The molecule has 0 radical (unpaired) electrons. The van der Waals surface area contributed by atoms with Crippen molar-refractivity contribution in [2.45, 2.75) is 54.8 Å².